The maximum atomic E-state index is 11.9. The first-order chi connectivity index (χ1) is 8.92. The second-order valence-electron chi connectivity index (χ2n) is 5.33. The van der Waals surface area contributed by atoms with E-state index in [1.165, 1.54) is 0 Å². The van der Waals surface area contributed by atoms with Crippen LogP contribution in [0.1, 0.15) is 24.6 Å². The molecular formula is C13H19N5O. The zero-order valence-electron chi connectivity index (χ0n) is 11.8. The van der Waals surface area contributed by atoms with Crippen LogP contribution in [-0.2, 0) is 11.8 Å². The minimum Gasteiger partial charge on any atom is -0.359 e. The van der Waals surface area contributed by atoms with Gasteiger partial charge >= 0.3 is 0 Å². The van der Waals surface area contributed by atoms with Gasteiger partial charge in [-0.3, -0.25) is 9.48 Å². The summed E-state index contributed by atoms with van der Waals surface area (Å²) in [7, 11) is 3.49. The van der Waals surface area contributed by atoms with Crippen LogP contribution >= 0.6 is 0 Å². The number of nitriles is 1. The molecule has 19 heavy (non-hydrogen) atoms. The van der Waals surface area contributed by atoms with E-state index >= 15 is 0 Å². The fourth-order valence-electron chi connectivity index (χ4n) is 2.77. The number of nitrogens with one attached hydrogen (secondary N) is 1. The summed E-state index contributed by atoms with van der Waals surface area (Å²) >= 11 is 0. The average molecular weight is 261 g/mol. The first kappa shape index (κ1) is 13.4. The third-order valence-electron chi connectivity index (χ3n) is 3.85. The number of carbonyl (C=O) groups is 1. The highest BCUT2D eigenvalue weighted by molar-refractivity contribution is 5.83. The quantitative estimate of drug-likeness (QED) is 0.844. The summed E-state index contributed by atoms with van der Waals surface area (Å²) in [6.45, 7) is 5.16. The Morgan fingerprint density at radius 1 is 1.58 bits per heavy atom. The van der Waals surface area contributed by atoms with E-state index in [-0.39, 0.29) is 5.91 Å². The van der Waals surface area contributed by atoms with Crippen LogP contribution in [0.2, 0.25) is 0 Å². The second kappa shape index (κ2) is 4.57. The Bertz CT molecular complexity index is 556. The molecule has 1 aromatic heterocycles. The van der Waals surface area contributed by atoms with Crippen molar-refractivity contribution < 1.29 is 4.79 Å². The number of carbonyl (C=O) groups excluding carboxylic acids is 1. The van der Waals surface area contributed by atoms with Crippen molar-refractivity contribution in [2.24, 2.45) is 12.5 Å². The smallest absolute Gasteiger partial charge is 0.227 e. The van der Waals surface area contributed by atoms with Crippen LogP contribution in [0.4, 0.5) is 5.82 Å². The Labute approximate surface area is 113 Å². The van der Waals surface area contributed by atoms with E-state index in [0.29, 0.717) is 12.1 Å². The molecule has 0 aliphatic carbocycles. The van der Waals surface area contributed by atoms with Gasteiger partial charge in [-0.05, 0) is 20.3 Å². The Morgan fingerprint density at radius 2 is 2.26 bits per heavy atom. The largest absolute Gasteiger partial charge is 0.359 e. The highest BCUT2D eigenvalue weighted by Gasteiger charge is 2.41. The SMILES string of the molecule is CNC(=O)C1(C)CCN(c2c(C#N)c(C)nn2C)C1. The first-order valence-corrected chi connectivity index (χ1v) is 6.34. The molecule has 0 saturated carbocycles. The zero-order valence-corrected chi connectivity index (χ0v) is 11.8. The molecule has 6 nitrogen and oxygen atoms in total. The van der Waals surface area contributed by atoms with Gasteiger partial charge in [-0.2, -0.15) is 10.4 Å². The second-order valence-corrected chi connectivity index (χ2v) is 5.33. The van der Waals surface area contributed by atoms with E-state index in [4.69, 9.17) is 0 Å². The molecule has 1 amide bonds. The Morgan fingerprint density at radius 3 is 2.84 bits per heavy atom. The topological polar surface area (TPSA) is 74.0 Å². The zero-order chi connectivity index (χ0) is 14.2. The molecular weight excluding hydrogens is 242 g/mol. The first-order valence-electron chi connectivity index (χ1n) is 6.34. The highest BCUT2D eigenvalue weighted by atomic mass is 16.2. The molecule has 0 bridgehead atoms. The van der Waals surface area contributed by atoms with Crippen LogP contribution in [-0.4, -0.2) is 35.8 Å². The Balaban J connectivity index is 2.32. The lowest BCUT2D eigenvalue weighted by Gasteiger charge is -2.23. The number of hydrogen-bond donors (Lipinski definition) is 1. The Kier molecular flexibility index (Phi) is 3.23. The minimum atomic E-state index is -0.403. The molecule has 0 aromatic carbocycles. The molecule has 102 valence electrons. The number of aromatic nitrogens is 2. The van der Waals surface area contributed by atoms with Crippen LogP contribution in [0.25, 0.3) is 0 Å². The monoisotopic (exact) mass is 261 g/mol. The molecule has 2 heterocycles. The molecule has 1 N–H and O–H groups in total. The summed E-state index contributed by atoms with van der Waals surface area (Å²) in [5, 5.41) is 16.3. The number of anilines is 1. The molecule has 1 aliphatic rings. The van der Waals surface area contributed by atoms with Crippen molar-refractivity contribution in [1.29, 1.82) is 5.26 Å². The normalized spacial score (nSPS) is 22.4. The lowest BCUT2D eigenvalue weighted by Crippen LogP contribution is -2.39. The number of aryl methyl sites for hydroxylation is 2. The lowest BCUT2D eigenvalue weighted by molar-refractivity contribution is -0.128. The lowest BCUT2D eigenvalue weighted by atomic mass is 9.89. The van der Waals surface area contributed by atoms with Gasteiger partial charge in [-0.25, -0.2) is 0 Å². The molecule has 1 aromatic rings. The summed E-state index contributed by atoms with van der Waals surface area (Å²) in [6.07, 6.45) is 0.780. The maximum Gasteiger partial charge on any atom is 0.227 e. The van der Waals surface area contributed by atoms with E-state index in [1.54, 1.807) is 11.7 Å². The van der Waals surface area contributed by atoms with Gasteiger partial charge in [-0.15, -0.1) is 0 Å². The summed E-state index contributed by atoms with van der Waals surface area (Å²) in [4.78, 5) is 14.0. The summed E-state index contributed by atoms with van der Waals surface area (Å²) in [6, 6.07) is 2.21. The maximum absolute atomic E-state index is 11.9. The predicted molar refractivity (Wildman–Crippen MR) is 71.7 cm³/mol. The third-order valence-corrected chi connectivity index (χ3v) is 3.85. The van der Waals surface area contributed by atoms with Gasteiger partial charge in [0.15, 0.2) is 0 Å². The van der Waals surface area contributed by atoms with Crippen LogP contribution in [0, 0.1) is 23.7 Å². The van der Waals surface area contributed by atoms with Crippen molar-refractivity contribution in [1.82, 2.24) is 15.1 Å². The standard InChI is InChI=1S/C13H19N5O/c1-9-10(7-14)11(17(4)16-9)18-6-5-13(2,8-18)12(19)15-3/h5-6,8H2,1-4H3,(H,15,19). The van der Waals surface area contributed by atoms with Crippen LogP contribution in [0.15, 0.2) is 0 Å². The van der Waals surface area contributed by atoms with E-state index in [0.717, 1.165) is 24.5 Å². The molecule has 0 radical (unpaired) electrons. The third kappa shape index (κ3) is 2.05. The van der Waals surface area contributed by atoms with E-state index in [2.05, 4.69) is 21.4 Å². The summed E-state index contributed by atoms with van der Waals surface area (Å²) in [5.74, 6) is 0.861. The van der Waals surface area contributed by atoms with E-state index < -0.39 is 5.41 Å². The van der Waals surface area contributed by atoms with Crippen LogP contribution in [0.3, 0.4) is 0 Å². The minimum absolute atomic E-state index is 0.0485. The van der Waals surface area contributed by atoms with Gasteiger partial charge in [0.2, 0.25) is 5.91 Å². The number of rotatable bonds is 2. The summed E-state index contributed by atoms with van der Waals surface area (Å²) in [5.41, 5.74) is 0.928. The molecule has 6 heteroatoms. The van der Waals surface area contributed by atoms with Gasteiger partial charge in [0.25, 0.3) is 0 Å². The van der Waals surface area contributed by atoms with Crippen LogP contribution < -0.4 is 10.2 Å². The number of amides is 1. The van der Waals surface area contributed by atoms with E-state index in [1.807, 2.05) is 20.9 Å². The molecule has 1 fully saturated rings. The van der Waals surface area contributed by atoms with Gasteiger partial charge in [0.05, 0.1) is 11.1 Å². The molecule has 1 saturated heterocycles. The van der Waals surface area contributed by atoms with E-state index in [9.17, 15) is 10.1 Å². The molecule has 1 aliphatic heterocycles. The van der Waals surface area contributed by atoms with Crippen molar-refractivity contribution in [3.63, 3.8) is 0 Å². The molecule has 0 spiro atoms. The van der Waals surface area contributed by atoms with Crippen molar-refractivity contribution in [2.75, 3.05) is 25.0 Å². The fourth-order valence-corrected chi connectivity index (χ4v) is 2.77. The highest BCUT2D eigenvalue weighted by Crippen LogP contribution is 2.35. The summed E-state index contributed by atoms with van der Waals surface area (Å²) < 4.78 is 1.73. The molecule has 1 atom stereocenters. The number of hydrogen-bond acceptors (Lipinski definition) is 4. The number of nitrogens with zero attached hydrogens (tertiary/aromatic N) is 4. The average Bonchev–Trinajstić information content (AvgIpc) is 2.89. The van der Waals surface area contributed by atoms with Crippen molar-refractivity contribution in [3.8, 4) is 6.07 Å². The predicted octanol–water partition coefficient (Wildman–Crippen LogP) is 0.563. The fraction of sp³-hybridized carbons (Fsp3) is 0.615. The van der Waals surface area contributed by atoms with Gasteiger partial charge < -0.3 is 10.2 Å². The van der Waals surface area contributed by atoms with Crippen LogP contribution in [0.5, 0.6) is 0 Å². The Hall–Kier alpha value is -2.03. The van der Waals surface area contributed by atoms with Crippen molar-refractivity contribution in [3.05, 3.63) is 11.3 Å². The van der Waals surface area contributed by atoms with Gasteiger partial charge in [0.1, 0.15) is 17.5 Å². The molecule has 2 rings (SSSR count). The van der Waals surface area contributed by atoms with Gasteiger partial charge in [0, 0.05) is 27.2 Å². The molecule has 1 unspecified atom stereocenters. The van der Waals surface area contributed by atoms with Gasteiger partial charge in [-0.1, -0.05) is 0 Å². The van der Waals surface area contributed by atoms with Crippen molar-refractivity contribution in [2.45, 2.75) is 20.3 Å². The van der Waals surface area contributed by atoms with Crippen molar-refractivity contribution >= 4 is 11.7 Å².